The van der Waals surface area contributed by atoms with E-state index >= 15 is 0 Å². The molecule has 4 nitrogen and oxygen atoms in total. The molecular formula is C17H27N3O. The van der Waals surface area contributed by atoms with Gasteiger partial charge in [-0.25, -0.2) is 0 Å². The van der Waals surface area contributed by atoms with Crippen molar-refractivity contribution >= 4 is 0 Å². The molecule has 0 spiro atoms. The van der Waals surface area contributed by atoms with Gasteiger partial charge >= 0.3 is 0 Å². The molecular weight excluding hydrogens is 262 g/mol. The number of hydrogen-bond acceptors (Lipinski definition) is 3. The zero-order valence-electron chi connectivity index (χ0n) is 13.8. The number of nitrogens with zero attached hydrogens (tertiary/aromatic N) is 2. The Balaban J connectivity index is 1.94. The zero-order chi connectivity index (χ0) is 15.4. The van der Waals surface area contributed by atoms with Crippen LogP contribution in [0.1, 0.15) is 55.9 Å². The van der Waals surface area contributed by atoms with Crippen molar-refractivity contribution in [2.24, 2.45) is 0 Å². The van der Waals surface area contributed by atoms with Crippen molar-refractivity contribution in [3.63, 3.8) is 0 Å². The van der Waals surface area contributed by atoms with Crippen LogP contribution in [-0.4, -0.2) is 15.8 Å². The standard InChI is InChI=1S/C17H27N3O/c1-6-20-15(5)17(14(4)19-20)13(3)18-12(2)9-10-16-8-7-11-21-16/h7-8,11-13,18H,6,9-10H2,1-5H3. The first-order valence-electron chi connectivity index (χ1n) is 7.85. The quantitative estimate of drug-likeness (QED) is 0.843. The van der Waals surface area contributed by atoms with Gasteiger partial charge in [0.2, 0.25) is 0 Å². The summed E-state index contributed by atoms with van der Waals surface area (Å²) in [6.45, 7) is 11.8. The van der Waals surface area contributed by atoms with Crippen LogP contribution in [0.3, 0.4) is 0 Å². The van der Waals surface area contributed by atoms with E-state index in [0.717, 1.165) is 30.8 Å². The fraction of sp³-hybridized carbons (Fsp3) is 0.588. The summed E-state index contributed by atoms with van der Waals surface area (Å²) >= 11 is 0. The van der Waals surface area contributed by atoms with E-state index in [1.165, 1.54) is 11.3 Å². The minimum atomic E-state index is 0.317. The molecule has 0 saturated carbocycles. The van der Waals surface area contributed by atoms with Crippen molar-refractivity contribution in [1.29, 1.82) is 0 Å². The Labute approximate surface area is 127 Å². The Hall–Kier alpha value is -1.55. The molecule has 0 radical (unpaired) electrons. The average molecular weight is 289 g/mol. The SMILES string of the molecule is CCn1nc(C)c(C(C)NC(C)CCc2ccco2)c1C. The average Bonchev–Trinajstić information content (AvgIpc) is 3.04. The van der Waals surface area contributed by atoms with Crippen LogP contribution in [0, 0.1) is 13.8 Å². The van der Waals surface area contributed by atoms with Gasteiger partial charge in [-0.15, -0.1) is 0 Å². The van der Waals surface area contributed by atoms with Crippen molar-refractivity contribution in [1.82, 2.24) is 15.1 Å². The third-order valence-electron chi connectivity index (χ3n) is 4.11. The maximum absolute atomic E-state index is 5.39. The maximum Gasteiger partial charge on any atom is 0.103 e. The van der Waals surface area contributed by atoms with E-state index in [2.05, 4.69) is 49.7 Å². The first-order chi connectivity index (χ1) is 10.0. The smallest absolute Gasteiger partial charge is 0.103 e. The van der Waals surface area contributed by atoms with Gasteiger partial charge in [-0.3, -0.25) is 4.68 Å². The third kappa shape index (κ3) is 3.76. The molecule has 4 heteroatoms. The fourth-order valence-electron chi connectivity index (χ4n) is 3.05. The molecule has 0 amide bonds. The highest BCUT2D eigenvalue weighted by Crippen LogP contribution is 2.22. The van der Waals surface area contributed by atoms with Crippen LogP contribution >= 0.6 is 0 Å². The minimum absolute atomic E-state index is 0.317. The number of aromatic nitrogens is 2. The summed E-state index contributed by atoms with van der Waals surface area (Å²) in [4.78, 5) is 0. The zero-order valence-corrected chi connectivity index (χ0v) is 13.8. The molecule has 2 aromatic heterocycles. The molecule has 0 bridgehead atoms. The van der Waals surface area contributed by atoms with E-state index in [0.29, 0.717) is 12.1 Å². The van der Waals surface area contributed by atoms with E-state index in [9.17, 15) is 0 Å². The van der Waals surface area contributed by atoms with Crippen molar-refractivity contribution in [2.45, 2.75) is 66.1 Å². The van der Waals surface area contributed by atoms with Crippen LogP contribution in [0.2, 0.25) is 0 Å². The number of nitrogens with one attached hydrogen (secondary N) is 1. The highest BCUT2D eigenvalue weighted by Gasteiger charge is 2.18. The molecule has 21 heavy (non-hydrogen) atoms. The van der Waals surface area contributed by atoms with E-state index in [-0.39, 0.29) is 0 Å². The lowest BCUT2D eigenvalue weighted by atomic mass is 10.0. The summed E-state index contributed by atoms with van der Waals surface area (Å²) in [5, 5.41) is 8.29. The number of furan rings is 1. The molecule has 0 saturated heterocycles. The molecule has 0 aliphatic heterocycles. The monoisotopic (exact) mass is 289 g/mol. The van der Waals surface area contributed by atoms with Gasteiger partial charge < -0.3 is 9.73 Å². The van der Waals surface area contributed by atoms with Gasteiger partial charge in [0.1, 0.15) is 5.76 Å². The van der Waals surface area contributed by atoms with Gasteiger partial charge in [0.15, 0.2) is 0 Å². The van der Waals surface area contributed by atoms with Crippen molar-refractivity contribution < 1.29 is 4.42 Å². The number of rotatable bonds is 7. The summed E-state index contributed by atoms with van der Waals surface area (Å²) in [7, 11) is 0. The molecule has 0 aliphatic carbocycles. The second-order valence-corrected chi connectivity index (χ2v) is 5.81. The summed E-state index contributed by atoms with van der Waals surface area (Å²) in [5.74, 6) is 1.06. The van der Waals surface area contributed by atoms with Gasteiger partial charge in [-0.1, -0.05) is 0 Å². The first kappa shape index (κ1) is 15.8. The van der Waals surface area contributed by atoms with Crippen LogP contribution in [0.5, 0.6) is 0 Å². The number of aryl methyl sites for hydroxylation is 3. The van der Waals surface area contributed by atoms with Crippen LogP contribution in [-0.2, 0) is 13.0 Å². The Morgan fingerprint density at radius 2 is 2.10 bits per heavy atom. The molecule has 0 aromatic carbocycles. The van der Waals surface area contributed by atoms with Gasteiger partial charge in [-0.05, 0) is 53.2 Å². The van der Waals surface area contributed by atoms with Gasteiger partial charge in [-0.2, -0.15) is 5.10 Å². The van der Waals surface area contributed by atoms with E-state index < -0.39 is 0 Å². The largest absolute Gasteiger partial charge is 0.469 e. The van der Waals surface area contributed by atoms with Crippen molar-refractivity contribution in [3.05, 3.63) is 41.1 Å². The lowest BCUT2D eigenvalue weighted by Crippen LogP contribution is -2.30. The van der Waals surface area contributed by atoms with Gasteiger partial charge in [0, 0.05) is 36.3 Å². The lowest BCUT2D eigenvalue weighted by molar-refractivity contribution is 0.429. The van der Waals surface area contributed by atoms with E-state index in [1.807, 2.05) is 12.1 Å². The maximum atomic E-state index is 5.39. The second-order valence-electron chi connectivity index (χ2n) is 5.81. The lowest BCUT2D eigenvalue weighted by Gasteiger charge is -2.20. The third-order valence-corrected chi connectivity index (χ3v) is 4.11. The Morgan fingerprint density at radius 3 is 2.67 bits per heavy atom. The van der Waals surface area contributed by atoms with Crippen LogP contribution < -0.4 is 5.32 Å². The Morgan fingerprint density at radius 1 is 1.33 bits per heavy atom. The molecule has 0 aliphatic rings. The first-order valence-corrected chi connectivity index (χ1v) is 7.85. The van der Waals surface area contributed by atoms with Crippen LogP contribution in [0.15, 0.2) is 22.8 Å². The molecule has 0 fully saturated rings. The summed E-state index contributed by atoms with van der Waals surface area (Å²) in [6.07, 6.45) is 3.78. The summed E-state index contributed by atoms with van der Waals surface area (Å²) in [6, 6.07) is 4.74. The molecule has 2 rings (SSSR count). The molecule has 2 heterocycles. The van der Waals surface area contributed by atoms with E-state index in [1.54, 1.807) is 6.26 Å². The molecule has 2 atom stereocenters. The van der Waals surface area contributed by atoms with Gasteiger partial charge in [0.05, 0.1) is 12.0 Å². The van der Waals surface area contributed by atoms with Gasteiger partial charge in [0.25, 0.3) is 0 Å². The predicted molar refractivity (Wildman–Crippen MR) is 85.4 cm³/mol. The van der Waals surface area contributed by atoms with Crippen LogP contribution in [0.25, 0.3) is 0 Å². The highest BCUT2D eigenvalue weighted by atomic mass is 16.3. The van der Waals surface area contributed by atoms with Crippen molar-refractivity contribution in [2.75, 3.05) is 0 Å². The van der Waals surface area contributed by atoms with Crippen LogP contribution in [0.4, 0.5) is 0 Å². The van der Waals surface area contributed by atoms with E-state index in [4.69, 9.17) is 4.42 Å². The Bertz CT molecular complexity index is 557. The predicted octanol–water partition coefficient (Wildman–Crippen LogP) is 3.78. The molecule has 2 aromatic rings. The summed E-state index contributed by atoms with van der Waals surface area (Å²) in [5.41, 5.74) is 3.74. The summed E-state index contributed by atoms with van der Waals surface area (Å²) < 4.78 is 7.47. The second kappa shape index (κ2) is 6.94. The minimum Gasteiger partial charge on any atom is -0.469 e. The molecule has 116 valence electrons. The normalized spacial score (nSPS) is 14.3. The molecule has 1 N–H and O–H groups in total. The van der Waals surface area contributed by atoms with Crippen molar-refractivity contribution in [3.8, 4) is 0 Å². The highest BCUT2D eigenvalue weighted by molar-refractivity contribution is 5.27. The Kier molecular flexibility index (Phi) is 5.23. The molecule has 2 unspecified atom stereocenters. The topological polar surface area (TPSA) is 43.0 Å². The number of hydrogen-bond donors (Lipinski definition) is 1. The fourth-order valence-corrected chi connectivity index (χ4v) is 3.05.